The molecule has 0 heterocycles. The lowest BCUT2D eigenvalue weighted by atomic mass is 10.1. The molecule has 0 aromatic heterocycles. The summed E-state index contributed by atoms with van der Waals surface area (Å²) in [6.07, 6.45) is 0. The van der Waals surface area contributed by atoms with Crippen LogP contribution in [0.3, 0.4) is 0 Å². The first kappa shape index (κ1) is 17.4. The molecule has 0 fully saturated rings. The van der Waals surface area contributed by atoms with E-state index in [1.807, 2.05) is 32.0 Å². The number of hydrogen-bond acceptors (Lipinski definition) is 4. The van der Waals surface area contributed by atoms with Gasteiger partial charge in [-0.05, 0) is 31.0 Å². The van der Waals surface area contributed by atoms with Crippen molar-refractivity contribution >= 4 is 23.6 Å². The maximum absolute atomic E-state index is 10.9. The van der Waals surface area contributed by atoms with E-state index < -0.39 is 12.0 Å². The van der Waals surface area contributed by atoms with Crippen LogP contribution in [0.5, 0.6) is 5.75 Å². The zero-order chi connectivity index (χ0) is 15.8. The molecule has 0 saturated heterocycles. The first-order valence-electron chi connectivity index (χ1n) is 6.68. The molecule has 1 atom stereocenters. The van der Waals surface area contributed by atoms with Gasteiger partial charge >= 0.3 is 5.97 Å². The summed E-state index contributed by atoms with van der Waals surface area (Å²) in [5, 5.41) is 11.4. The molecule has 0 unspecified atom stereocenters. The van der Waals surface area contributed by atoms with Crippen molar-refractivity contribution in [2.75, 3.05) is 18.1 Å². The summed E-state index contributed by atoms with van der Waals surface area (Å²) < 4.78 is 5.69. The Kier molecular flexibility index (Phi) is 7.08. The van der Waals surface area contributed by atoms with Gasteiger partial charge in [0, 0.05) is 18.4 Å². The lowest BCUT2D eigenvalue weighted by Crippen LogP contribution is -2.41. The Hall–Kier alpha value is -1.69. The van der Waals surface area contributed by atoms with Gasteiger partial charge in [-0.1, -0.05) is 12.1 Å². The second-order valence-electron chi connectivity index (χ2n) is 4.78. The third-order valence-electron chi connectivity index (χ3n) is 2.79. The van der Waals surface area contributed by atoms with E-state index in [1.54, 1.807) is 0 Å². The fraction of sp³-hybridized carbons (Fsp3) is 0.467. The lowest BCUT2D eigenvalue weighted by molar-refractivity contribution is -0.140. The van der Waals surface area contributed by atoms with Crippen molar-refractivity contribution in [1.82, 2.24) is 5.32 Å². The van der Waals surface area contributed by atoms with Gasteiger partial charge in [0.15, 0.2) is 0 Å². The molecule has 116 valence electrons. The molecule has 0 bridgehead atoms. The summed E-state index contributed by atoms with van der Waals surface area (Å²) in [5.74, 6) is 0.483. The van der Waals surface area contributed by atoms with Gasteiger partial charge in [-0.3, -0.25) is 4.79 Å². The fourth-order valence-electron chi connectivity index (χ4n) is 1.69. The molecular formula is C15H21NO4S. The molecular weight excluding hydrogens is 290 g/mol. The molecule has 0 aliphatic carbocycles. The Labute approximate surface area is 129 Å². The van der Waals surface area contributed by atoms with Gasteiger partial charge < -0.3 is 15.2 Å². The van der Waals surface area contributed by atoms with Crippen molar-refractivity contribution in [1.29, 1.82) is 0 Å². The highest BCUT2D eigenvalue weighted by atomic mass is 32.2. The summed E-state index contributed by atoms with van der Waals surface area (Å²) in [6, 6.07) is 5.17. The lowest BCUT2D eigenvalue weighted by Gasteiger charge is -2.13. The minimum atomic E-state index is -1.02. The van der Waals surface area contributed by atoms with Crippen LogP contribution in [0.25, 0.3) is 0 Å². The van der Waals surface area contributed by atoms with Crippen molar-refractivity contribution in [2.24, 2.45) is 0 Å². The highest BCUT2D eigenvalue weighted by Crippen LogP contribution is 2.19. The van der Waals surface area contributed by atoms with Gasteiger partial charge in [0.05, 0.1) is 6.61 Å². The van der Waals surface area contributed by atoms with Crippen LogP contribution in [0.15, 0.2) is 18.2 Å². The largest absolute Gasteiger partial charge is 0.492 e. The van der Waals surface area contributed by atoms with E-state index in [1.165, 1.54) is 18.7 Å². The Morgan fingerprint density at radius 3 is 2.71 bits per heavy atom. The number of nitrogens with one attached hydrogen (secondary N) is 1. The number of aryl methyl sites for hydroxylation is 2. The van der Waals surface area contributed by atoms with Crippen LogP contribution >= 0.6 is 11.8 Å². The Morgan fingerprint density at radius 2 is 2.10 bits per heavy atom. The minimum Gasteiger partial charge on any atom is -0.492 e. The number of thioether (sulfide) groups is 1. The number of aliphatic carboxylic acids is 1. The molecule has 1 rings (SSSR count). The molecule has 0 aliphatic rings. The van der Waals surface area contributed by atoms with E-state index in [-0.39, 0.29) is 5.91 Å². The van der Waals surface area contributed by atoms with E-state index in [0.29, 0.717) is 18.1 Å². The first-order valence-corrected chi connectivity index (χ1v) is 7.83. The van der Waals surface area contributed by atoms with Gasteiger partial charge in [-0.15, -0.1) is 0 Å². The van der Waals surface area contributed by atoms with E-state index in [9.17, 15) is 9.59 Å². The summed E-state index contributed by atoms with van der Waals surface area (Å²) in [6.45, 7) is 5.80. The predicted molar refractivity (Wildman–Crippen MR) is 84.0 cm³/mol. The summed E-state index contributed by atoms with van der Waals surface area (Å²) in [7, 11) is 0. The van der Waals surface area contributed by atoms with Crippen LogP contribution in [0.2, 0.25) is 0 Å². The van der Waals surface area contributed by atoms with Crippen molar-refractivity contribution in [2.45, 2.75) is 26.8 Å². The summed E-state index contributed by atoms with van der Waals surface area (Å²) in [4.78, 5) is 21.8. The standard InChI is InChI=1S/C15H21NO4S/c1-10-4-5-11(2)14(8-10)20-6-7-21-9-13(15(18)19)16-12(3)17/h4-5,8,13H,6-7,9H2,1-3H3,(H,16,17)(H,18,19)/t13-/m0/s1. The number of carboxylic acids is 1. The Morgan fingerprint density at radius 1 is 1.38 bits per heavy atom. The van der Waals surface area contributed by atoms with Crippen molar-refractivity contribution < 1.29 is 19.4 Å². The molecule has 21 heavy (non-hydrogen) atoms. The number of rotatable bonds is 8. The van der Waals surface area contributed by atoms with Crippen LogP contribution in [0.4, 0.5) is 0 Å². The van der Waals surface area contributed by atoms with Gasteiger partial charge in [-0.25, -0.2) is 4.79 Å². The molecule has 0 aliphatic heterocycles. The van der Waals surface area contributed by atoms with E-state index in [2.05, 4.69) is 5.32 Å². The van der Waals surface area contributed by atoms with Crippen LogP contribution < -0.4 is 10.1 Å². The number of benzene rings is 1. The van der Waals surface area contributed by atoms with Crippen LogP contribution in [-0.2, 0) is 9.59 Å². The van der Waals surface area contributed by atoms with Gasteiger partial charge in [-0.2, -0.15) is 11.8 Å². The maximum Gasteiger partial charge on any atom is 0.327 e. The Balaban J connectivity index is 2.32. The molecule has 2 N–H and O–H groups in total. The normalized spacial score (nSPS) is 11.8. The summed E-state index contributed by atoms with van der Waals surface area (Å²) >= 11 is 1.44. The zero-order valence-electron chi connectivity index (χ0n) is 12.5. The number of ether oxygens (including phenoxy) is 1. The second-order valence-corrected chi connectivity index (χ2v) is 5.93. The maximum atomic E-state index is 10.9. The number of carbonyl (C=O) groups excluding carboxylic acids is 1. The smallest absolute Gasteiger partial charge is 0.327 e. The van der Waals surface area contributed by atoms with Gasteiger partial charge in [0.1, 0.15) is 11.8 Å². The van der Waals surface area contributed by atoms with Crippen molar-refractivity contribution in [3.63, 3.8) is 0 Å². The quantitative estimate of drug-likeness (QED) is 0.718. The van der Waals surface area contributed by atoms with Crippen molar-refractivity contribution in [3.05, 3.63) is 29.3 Å². The third-order valence-corrected chi connectivity index (χ3v) is 3.81. The highest BCUT2D eigenvalue weighted by molar-refractivity contribution is 7.99. The Bertz CT molecular complexity index is 504. The van der Waals surface area contributed by atoms with E-state index in [0.717, 1.165) is 16.9 Å². The van der Waals surface area contributed by atoms with Gasteiger partial charge in [0.25, 0.3) is 0 Å². The average molecular weight is 311 g/mol. The number of carboxylic acid groups (broad SMARTS) is 1. The molecule has 0 saturated carbocycles. The van der Waals surface area contributed by atoms with E-state index >= 15 is 0 Å². The number of hydrogen-bond donors (Lipinski definition) is 2. The second kappa shape index (κ2) is 8.56. The molecule has 1 aromatic carbocycles. The molecule has 1 amide bonds. The van der Waals surface area contributed by atoms with Crippen LogP contribution in [0.1, 0.15) is 18.1 Å². The van der Waals surface area contributed by atoms with Crippen LogP contribution in [0, 0.1) is 13.8 Å². The third kappa shape index (κ3) is 6.53. The van der Waals surface area contributed by atoms with Crippen LogP contribution in [-0.4, -0.2) is 41.1 Å². The number of amides is 1. The SMILES string of the molecule is CC(=O)N[C@@H](CSCCOc1cc(C)ccc1C)C(=O)O. The molecule has 0 radical (unpaired) electrons. The predicted octanol–water partition coefficient (Wildman–Crippen LogP) is 2.00. The topological polar surface area (TPSA) is 75.6 Å². The van der Waals surface area contributed by atoms with E-state index in [4.69, 9.17) is 9.84 Å². The molecule has 1 aromatic rings. The molecule has 0 spiro atoms. The highest BCUT2D eigenvalue weighted by Gasteiger charge is 2.17. The first-order chi connectivity index (χ1) is 9.90. The van der Waals surface area contributed by atoms with Gasteiger partial charge in [0.2, 0.25) is 5.91 Å². The molecule has 6 heteroatoms. The monoisotopic (exact) mass is 311 g/mol. The number of carbonyl (C=O) groups is 2. The summed E-state index contributed by atoms with van der Waals surface area (Å²) in [5.41, 5.74) is 2.21. The molecule has 5 nitrogen and oxygen atoms in total. The zero-order valence-corrected chi connectivity index (χ0v) is 13.3. The fourth-order valence-corrected chi connectivity index (χ4v) is 2.52. The average Bonchev–Trinajstić information content (AvgIpc) is 2.40. The minimum absolute atomic E-state index is 0.324. The van der Waals surface area contributed by atoms with Crippen molar-refractivity contribution in [3.8, 4) is 5.75 Å².